The third kappa shape index (κ3) is 3.86. The van der Waals surface area contributed by atoms with Crippen molar-refractivity contribution in [3.05, 3.63) is 102 Å². The molecule has 0 spiro atoms. The van der Waals surface area contributed by atoms with Crippen LogP contribution in [0.25, 0.3) is 0 Å². The Morgan fingerprint density at radius 1 is 0.696 bits per heavy atom. The van der Waals surface area contributed by atoms with E-state index in [1.807, 2.05) is 83.8 Å². The van der Waals surface area contributed by atoms with Crippen LogP contribution in [0.4, 0.5) is 5.69 Å². The second kappa shape index (κ2) is 7.41. The average Bonchev–Trinajstić information content (AvgIpc) is 2.64. The van der Waals surface area contributed by atoms with E-state index in [0.717, 1.165) is 12.1 Å². The van der Waals surface area contributed by atoms with Crippen LogP contribution in [0.5, 0.6) is 0 Å². The highest BCUT2D eigenvalue weighted by Gasteiger charge is 2.17. The Bertz CT molecular complexity index is 739. The summed E-state index contributed by atoms with van der Waals surface area (Å²) in [5.74, 6) is 0.0349. The van der Waals surface area contributed by atoms with Crippen LogP contribution in [0.2, 0.25) is 0 Å². The molecule has 3 rings (SSSR count). The maximum Gasteiger partial charge on any atom is 0.258 e. The van der Waals surface area contributed by atoms with Gasteiger partial charge in [-0.2, -0.15) is 0 Å². The molecule has 0 saturated carbocycles. The van der Waals surface area contributed by atoms with Crippen molar-refractivity contribution in [3.63, 3.8) is 0 Å². The molecule has 2 heteroatoms. The second-order valence-electron chi connectivity index (χ2n) is 5.39. The molecule has 114 valence electrons. The van der Waals surface area contributed by atoms with Crippen LogP contribution in [-0.2, 0) is 6.42 Å². The minimum atomic E-state index is 0.0349. The molecule has 1 amide bonds. The topological polar surface area (TPSA) is 20.3 Å². The monoisotopic (exact) mass is 301 g/mol. The summed E-state index contributed by atoms with van der Waals surface area (Å²) >= 11 is 0. The van der Waals surface area contributed by atoms with Gasteiger partial charge in [-0.1, -0.05) is 66.7 Å². The Balaban J connectivity index is 1.84. The zero-order valence-corrected chi connectivity index (χ0v) is 12.9. The van der Waals surface area contributed by atoms with E-state index in [9.17, 15) is 4.79 Å². The number of para-hydroxylation sites is 1. The maximum atomic E-state index is 12.9. The molecule has 3 aromatic rings. The van der Waals surface area contributed by atoms with E-state index in [4.69, 9.17) is 0 Å². The summed E-state index contributed by atoms with van der Waals surface area (Å²) in [6.07, 6.45) is 0.828. The number of benzene rings is 3. The largest absolute Gasteiger partial charge is 0.308 e. The Kier molecular flexibility index (Phi) is 4.85. The standard InChI is InChI=1S/C21H19NO/c23-21(19-12-6-2-7-13-19)22(20-14-8-3-9-15-20)17-16-18-10-4-1-5-11-18/h1-15H,16-17H2. The lowest BCUT2D eigenvalue weighted by Crippen LogP contribution is -2.32. The first kappa shape index (κ1) is 15.0. The Morgan fingerprint density at radius 2 is 1.22 bits per heavy atom. The number of rotatable bonds is 5. The van der Waals surface area contributed by atoms with Gasteiger partial charge in [0.15, 0.2) is 0 Å². The molecule has 0 radical (unpaired) electrons. The highest BCUT2D eigenvalue weighted by molar-refractivity contribution is 6.06. The molecule has 0 bridgehead atoms. The average molecular weight is 301 g/mol. The van der Waals surface area contributed by atoms with Crippen molar-refractivity contribution in [1.82, 2.24) is 0 Å². The van der Waals surface area contributed by atoms with Crippen LogP contribution in [0, 0.1) is 0 Å². The summed E-state index contributed by atoms with van der Waals surface area (Å²) in [7, 11) is 0. The second-order valence-corrected chi connectivity index (χ2v) is 5.39. The highest BCUT2D eigenvalue weighted by atomic mass is 16.2. The molecular formula is C21H19NO. The van der Waals surface area contributed by atoms with Crippen LogP contribution in [0.15, 0.2) is 91.0 Å². The molecule has 2 nitrogen and oxygen atoms in total. The van der Waals surface area contributed by atoms with E-state index in [1.165, 1.54) is 5.56 Å². The fourth-order valence-corrected chi connectivity index (χ4v) is 2.58. The van der Waals surface area contributed by atoms with Gasteiger partial charge in [-0.15, -0.1) is 0 Å². The minimum absolute atomic E-state index is 0.0349. The van der Waals surface area contributed by atoms with Gasteiger partial charge in [-0.25, -0.2) is 0 Å². The predicted octanol–water partition coefficient (Wildman–Crippen LogP) is 4.58. The molecule has 0 unspecified atom stereocenters. The summed E-state index contributed by atoms with van der Waals surface area (Å²) in [6.45, 7) is 0.655. The van der Waals surface area contributed by atoms with E-state index < -0.39 is 0 Å². The lowest BCUT2D eigenvalue weighted by molar-refractivity contribution is 0.0987. The number of hydrogen-bond donors (Lipinski definition) is 0. The summed E-state index contributed by atoms with van der Waals surface area (Å²) in [5.41, 5.74) is 2.87. The third-order valence-electron chi connectivity index (χ3n) is 3.80. The molecular weight excluding hydrogens is 282 g/mol. The van der Waals surface area contributed by atoms with Gasteiger partial charge in [0, 0.05) is 17.8 Å². The van der Waals surface area contributed by atoms with E-state index in [0.29, 0.717) is 12.1 Å². The lowest BCUT2D eigenvalue weighted by Gasteiger charge is -2.23. The van der Waals surface area contributed by atoms with Crippen molar-refractivity contribution in [2.75, 3.05) is 11.4 Å². The van der Waals surface area contributed by atoms with Gasteiger partial charge < -0.3 is 4.90 Å². The van der Waals surface area contributed by atoms with E-state index in [1.54, 1.807) is 0 Å². The molecule has 0 saturated heterocycles. The fraction of sp³-hybridized carbons (Fsp3) is 0.0952. The molecule has 0 aromatic heterocycles. The highest BCUT2D eigenvalue weighted by Crippen LogP contribution is 2.17. The van der Waals surface area contributed by atoms with Crippen LogP contribution >= 0.6 is 0 Å². The molecule has 0 aliphatic heterocycles. The minimum Gasteiger partial charge on any atom is -0.308 e. The van der Waals surface area contributed by atoms with E-state index in [2.05, 4.69) is 12.1 Å². The molecule has 23 heavy (non-hydrogen) atoms. The summed E-state index contributed by atoms with van der Waals surface area (Å²) in [4.78, 5) is 14.7. The van der Waals surface area contributed by atoms with Crippen molar-refractivity contribution in [3.8, 4) is 0 Å². The molecule has 0 aliphatic carbocycles. The van der Waals surface area contributed by atoms with E-state index >= 15 is 0 Å². The number of anilines is 1. The van der Waals surface area contributed by atoms with Gasteiger partial charge in [0.1, 0.15) is 0 Å². The molecule has 0 aliphatic rings. The zero-order valence-electron chi connectivity index (χ0n) is 12.9. The molecule has 0 heterocycles. The summed E-state index contributed by atoms with van der Waals surface area (Å²) in [5, 5.41) is 0. The zero-order chi connectivity index (χ0) is 15.9. The Labute approximate surface area is 137 Å². The number of carbonyl (C=O) groups is 1. The van der Waals surface area contributed by atoms with Gasteiger partial charge in [0.2, 0.25) is 0 Å². The molecule has 0 fully saturated rings. The predicted molar refractivity (Wildman–Crippen MR) is 94.7 cm³/mol. The molecule has 3 aromatic carbocycles. The Hall–Kier alpha value is -2.87. The number of nitrogens with zero attached hydrogens (tertiary/aromatic N) is 1. The van der Waals surface area contributed by atoms with Crippen molar-refractivity contribution in [2.24, 2.45) is 0 Å². The van der Waals surface area contributed by atoms with Crippen LogP contribution in [-0.4, -0.2) is 12.5 Å². The van der Waals surface area contributed by atoms with Gasteiger partial charge >= 0.3 is 0 Å². The number of carbonyl (C=O) groups excluding carboxylic acids is 1. The van der Waals surface area contributed by atoms with E-state index in [-0.39, 0.29) is 5.91 Å². The van der Waals surface area contributed by atoms with Gasteiger partial charge in [-0.3, -0.25) is 4.79 Å². The Morgan fingerprint density at radius 3 is 1.83 bits per heavy atom. The van der Waals surface area contributed by atoms with Crippen LogP contribution in [0.3, 0.4) is 0 Å². The van der Waals surface area contributed by atoms with Crippen molar-refractivity contribution in [1.29, 1.82) is 0 Å². The molecule has 0 atom stereocenters. The first-order valence-electron chi connectivity index (χ1n) is 7.80. The smallest absolute Gasteiger partial charge is 0.258 e. The normalized spacial score (nSPS) is 10.3. The summed E-state index contributed by atoms with van der Waals surface area (Å²) in [6, 6.07) is 29.5. The quantitative estimate of drug-likeness (QED) is 0.675. The SMILES string of the molecule is O=C(c1ccccc1)N(CCc1ccccc1)c1ccccc1. The van der Waals surface area contributed by atoms with Crippen LogP contribution in [0.1, 0.15) is 15.9 Å². The lowest BCUT2D eigenvalue weighted by atomic mass is 10.1. The third-order valence-corrected chi connectivity index (χ3v) is 3.80. The number of hydrogen-bond acceptors (Lipinski definition) is 1. The fourth-order valence-electron chi connectivity index (χ4n) is 2.58. The maximum absolute atomic E-state index is 12.9. The van der Waals surface area contributed by atoms with Gasteiger partial charge in [0.05, 0.1) is 0 Å². The summed E-state index contributed by atoms with van der Waals surface area (Å²) < 4.78 is 0. The first-order valence-corrected chi connectivity index (χ1v) is 7.80. The van der Waals surface area contributed by atoms with Crippen molar-refractivity contribution < 1.29 is 4.79 Å². The van der Waals surface area contributed by atoms with Gasteiger partial charge in [-0.05, 0) is 36.2 Å². The first-order chi connectivity index (χ1) is 11.3. The van der Waals surface area contributed by atoms with Crippen LogP contribution < -0.4 is 4.90 Å². The van der Waals surface area contributed by atoms with Crippen molar-refractivity contribution in [2.45, 2.75) is 6.42 Å². The van der Waals surface area contributed by atoms with Gasteiger partial charge in [0.25, 0.3) is 5.91 Å². The molecule has 0 N–H and O–H groups in total. The number of amides is 1. The van der Waals surface area contributed by atoms with Crippen molar-refractivity contribution >= 4 is 11.6 Å².